The van der Waals surface area contributed by atoms with E-state index >= 15 is 0 Å². The molecule has 5 nitrogen and oxygen atoms in total. The van der Waals surface area contributed by atoms with Gasteiger partial charge in [0.05, 0.1) is 5.54 Å². The predicted molar refractivity (Wildman–Crippen MR) is 59.1 cm³/mol. The van der Waals surface area contributed by atoms with Crippen molar-refractivity contribution in [2.24, 2.45) is 5.73 Å². The third-order valence-electron chi connectivity index (χ3n) is 2.66. The summed E-state index contributed by atoms with van der Waals surface area (Å²) in [7, 11) is 0. The summed E-state index contributed by atoms with van der Waals surface area (Å²) in [4.78, 5) is 0. The summed E-state index contributed by atoms with van der Waals surface area (Å²) < 4.78 is 0. The van der Waals surface area contributed by atoms with E-state index in [1.54, 1.807) is 0 Å². The lowest BCUT2D eigenvalue weighted by atomic mass is 9.94. The quantitative estimate of drug-likeness (QED) is 0.673. The summed E-state index contributed by atoms with van der Waals surface area (Å²) in [6.45, 7) is 4.17. The molecule has 86 valence electrons. The highest BCUT2D eigenvalue weighted by Crippen LogP contribution is 2.20. The van der Waals surface area contributed by atoms with Gasteiger partial charge >= 0.3 is 0 Å². The van der Waals surface area contributed by atoms with Gasteiger partial charge in [-0.25, -0.2) is 0 Å². The molecule has 0 fully saturated rings. The topological polar surface area (TPSA) is 80.5 Å². The summed E-state index contributed by atoms with van der Waals surface area (Å²) in [6, 6.07) is 0. The summed E-state index contributed by atoms with van der Waals surface area (Å²) >= 11 is 0. The Kier molecular flexibility index (Phi) is 4.68. The number of nitrogens with zero attached hydrogens (tertiary/aromatic N) is 3. The normalized spacial score (nSPS) is 15.1. The highest BCUT2D eigenvalue weighted by molar-refractivity contribution is 4.97. The van der Waals surface area contributed by atoms with Crippen molar-refractivity contribution in [3.63, 3.8) is 0 Å². The molecule has 1 rings (SSSR count). The molecule has 0 aliphatic carbocycles. The van der Waals surface area contributed by atoms with Crippen molar-refractivity contribution in [2.75, 3.05) is 0 Å². The molecular weight excluding hydrogens is 190 g/mol. The third kappa shape index (κ3) is 3.95. The first-order chi connectivity index (χ1) is 7.17. The zero-order valence-electron chi connectivity index (χ0n) is 9.66. The van der Waals surface area contributed by atoms with Crippen LogP contribution in [0.1, 0.15) is 58.2 Å². The second-order valence-corrected chi connectivity index (χ2v) is 4.32. The van der Waals surface area contributed by atoms with Crippen LogP contribution >= 0.6 is 0 Å². The van der Waals surface area contributed by atoms with E-state index in [1.807, 2.05) is 6.92 Å². The van der Waals surface area contributed by atoms with Crippen LogP contribution in [-0.2, 0) is 5.54 Å². The number of H-pyrrole nitrogens is 1. The van der Waals surface area contributed by atoms with Crippen LogP contribution in [0.25, 0.3) is 0 Å². The number of nitrogens with one attached hydrogen (secondary N) is 1. The van der Waals surface area contributed by atoms with Gasteiger partial charge in [-0.1, -0.05) is 44.2 Å². The van der Waals surface area contributed by atoms with Gasteiger partial charge in [0, 0.05) is 0 Å². The van der Waals surface area contributed by atoms with Crippen molar-refractivity contribution in [3.8, 4) is 0 Å². The molecule has 0 saturated carbocycles. The molecule has 1 atom stereocenters. The first-order valence-corrected chi connectivity index (χ1v) is 5.69. The van der Waals surface area contributed by atoms with Gasteiger partial charge in [0.1, 0.15) is 0 Å². The fraction of sp³-hybridized carbons (Fsp3) is 0.900. The van der Waals surface area contributed by atoms with E-state index < -0.39 is 5.54 Å². The maximum atomic E-state index is 6.11. The Hall–Kier alpha value is -0.970. The summed E-state index contributed by atoms with van der Waals surface area (Å²) in [5, 5.41) is 13.8. The minimum absolute atomic E-state index is 0.445. The first kappa shape index (κ1) is 12.1. The Bertz CT molecular complexity index is 255. The molecular formula is C10H21N5. The maximum absolute atomic E-state index is 6.11. The van der Waals surface area contributed by atoms with E-state index in [4.69, 9.17) is 5.73 Å². The van der Waals surface area contributed by atoms with Crippen molar-refractivity contribution in [1.82, 2.24) is 20.6 Å². The Balaban J connectivity index is 2.25. The van der Waals surface area contributed by atoms with Crippen molar-refractivity contribution in [1.29, 1.82) is 0 Å². The molecule has 0 radical (unpaired) electrons. The third-order valence-corrected chi connectivity index (χ3v) is 2.66. The van der Waals surface area contributed by atoms with Crippen LogP contribution in [0.15, 0.2) is 0 Å². The number of tetrazole rings is 1. The van der Waals surface area contributed by atoms with Crippen LogP contribution in [0.3, 0.4) is 0 Å². The molecule has 1 aromatic rings. The van der Waals surface area contributed by atoms with Gasteiger partial charge in [0.15, 0.2) is 5.82 Å². The second-order valence-electron chi connectivity index (χ2n) is 4.32. The molecule has 0 amide bonds. The Morgan fingerprint density at radius 3 is 2.60 bits per heavy atom. The zero-order chi connectivity index (χ0) is 11.1. The van der Waals surface area contributed by atoms with Crippen molar-refractivity contribution in [2.45, 2.75) is 57.9 Å². The smallest absolute Gasteiger partial charge is 0.194 e. The van der Waals surface area contributed by atoms with Crippen LogP contribution in [-0.4, -0.2) is 20.6 Å². The van der Waals surface area contributed by atoms with E-state index in [0.29, 0.717) is 5.82 Å². The van der Waals surface area contributed by atoms with Crippen molar-refractivity contribution >= 4 is 0 Å². The fourth-order valence-electron chi connectivity index (χ4n) is 1.61. The van der Waals surface area contributed by atoms with Gasteiger partial charge in [0.25, 0.3) is 0 Å². The van der Waals surface area contributed by atoms with E-state index in [9.17, 15) is 0 Å². The largest absolute Gasteiger partial charge is 0.319 e. The lowest BCUT2D eigenvalue weighted by Gasteiger charge is -2.19. The molecule has 1 heterocycles. The van der Waals surface area contributed by atoms with E-state index in [0.717, 1.165) is 12.8 Å². The van der Waals surface area contributed by atoms with Gasteiger partial charge in [-0.3, -0.25) is 0 Å². The molecule has 0 saturated heterocycles. The Morgan fingerprint density at radius 1 is 1.27 bits per heavy atom. The predicted octanol–water partition coefficient (Wildman–Crippen LogP) is 1.73. The Labute approximate surface area is 90.8 Å². The number of aromatic amines is 1. The molecule has 1 aromatic heterocycles. The second kappa shape index (κ2) is 5.80. The number of aromatic nitrogens is 4. The minimum atomic E-state index is -0.445. The van der Waals surface area contributed by atoms with Crippen LogP contribution < -0.4 is 5.73 Å². The molecule has 0 aliphatic rings. The van der Waals surface area contributed by atoms with E-state index in [-0.39, 0.29) is 0 Å². The van der Waals surface area contributed by atoms with Crippen LogP contribution in [0, 0.1) is 0 Å². The van der Waals surface area contributed by atoms with Crippen LogP contribution in [0.4, 0.5) is 0 Å². The number of hydrogen-bond acceptors (Lipinski definition) is 4. The average molecular weight is 211 g/mol. The molecule has 1 unspecified atom stereocenters. The van der Waals surface area contributed by atoms with Gasteiger partial charge in [-0.15, -0.1) is 10.2 Å². The number of hydrogen-bond donors (Lipinski definition) is 2. The average Bonchev–Trinajstić information content (AvgIpc) is 2.70. The zero-order valence-corrected chi connectivity index (χ0v) is 9.66. The van der Waals surface area contributed by atoms with E-state index in [2.05, 4.69) is 27.5 Å². The summed E-state index contributed by atoms with van der Waals surface area (Å²) in [6.07, 6.45) is 7.14. The number of rotatable bonds is 7. The van der Waals surface area contributed by atoms with Crippen molar-refractivity contribution in [3.05, 3.63) is 5.82 Å². The molecule has 0 aliphatic heterocycles. The van der Waals surface area contributed by atoms with Gasteiger partial charge in [-0.2, -0.15) is 5.21 Å². The van der Waals surface area contributed by atoms with E-state index in [1.165, 1.54) is 25.7 Å². The highest BCUT2D eigenvalue weighted by Gasteiger charge is 2.25. The molecule has 0 spiro atoms. The summed E-state index contributed by atoms with van der Waals surface area (Å²) in [5.74, 6) is 0.609. The summed E-state index contributed by atoms with van der Waals surface area (Å²) in [5.41, 5.74) is 5.67. The van der Waals surface area contributed by atoms with Crippen LogP contribution in [0.2, 0.25) is 0 Å². The van der Waals surface area contributed by atoms with Crippen LogP contribution in [0.5, 0.6) is 0 Å². The molecule has 3 N–H and O–H groups in total. The van der Waals surface area contributed by atoms with Gasteiger partial charge in [-0.05, 0) is 13.3 Å². The minimum Gasteiger partial charge on any atom is -0.319 e. The maximum Gasteiger partial charge on any atom is 0.194 e. The fourth-order valence-corrected chi connectivity index (χ4v) is 1.61. The monoisotopic (exact) mass is 211 g/mol. The molecule has 0 aromatic carbocycles. The lowest BCUT2D eigenvalue weighted by Crippen LogP contribution is -2.34. The Morgan fingerprint density at radius 2 is 2.00 bits per heavy atom. The SMILES string of the molecule is CCCCCCCC(C)(N)c1nn[nH]n1. The molecule has 0 bridgehead atoms. The van der Waals surface area contributed by atoms with Gasteiger partial charge in [0.2, 0.25) is 0 Å². The van der Waals surface area contributed by atoms with Crippen molar-refractivity contribution < 1.29 is 0 Å². The molecule has 5 heteroatoms. The first-order valence-electron chi connectivity index (χ1n) is 5.69. The number of nitrogens with two attached hydrogens (primary N) is 1. The van der Waals surface area contributed by atoms with Gasteiger partial charge < -0.3 is 5.73 Å². The lowest BCUT2D eigenvalue weighted by molar-refractivity contribution is 0.400. The number of unbranched alkanes of at least 4 members (excludes halogenated alkanes) is 4. The standard InChI is InChI=1S/C10H21N5/c1-3-4-5-6-7-8-10(2,11)9-12-14-15-13-9/h3-8,11H2,1-2H3,(H,12,13,14,15). The molecule has 15 heavy (non-hydrogen) atoms. The highest BCUT2D eigenvalue weighted by atomic mass is 15.5.